The number of nitrogens with one attached hydrogen (secondary N) is 4. The number of hydrogen-bond acceptors (Lipinski definition) is 7. The lowest BCUT2D eigenvalue weighted by Crippen LogP contribution is -2.24. The minimum absolute atomic E-state index is 0.163. The minimum Gasteiger partial charge on any atom is -0.306 e. The lowest BCUT2D eigenvalue weighted by atomic mass is 10.3. The molecular weight excluding hydrogens is 480 g/mol. The number of aromatic nitrogens is 5. The minimum atomic E-state index is -4.30. The normalized spacial score (nSPS) is 13.3. The van der Waals surface area contributed by atoms with Gasteiger partial charge in [-0.05, 0) is 36.4 Å². The van der Waals surface area contributed by atoms with Crippen molar-refractivity contribution in [3.63, 3.8) is 0 Å². The van der Waals surface area contributed by atoms with Gasteiger partial charge in [-0.1, -0.05) is 0 Å². The second-order valence-corrected chi connectivity index (χ2v) is 10.9. The van der Waals surface area contributed by atoms with Crippen molar-refractivity contribution in [2.45, 2.75) is 9.79 Å². The smallest absolute Gasteiger partial charge is 0.306 e. The van der Waals surface area contributed by atoms with Crippen LogP contribution in [0.1, 0.15) is 0 Å². The van der Waals surface area contributed by atoms with Crippen molar-refractivity contribution < 1.29 is 16.8 Å². The van der Waals surface area contributed by atoms with Gasteiger partial charge in [0, 0.05) is 11.6 Å². The number of hydrogen-bond donors (Lipinski definition) is 4. The van der Waals surface area contributed by atoms with Gasteiger partial charge in [0.1, 0.15) is 0 Å². The summed E-state index contributed by atoms with van der Waals surface area (Å²) < 4.78 is 56.4. The predicted octanol–water partition coefficient (Wildman–Crippen LogP) is 0.415. The van der Waals surface area contributed by atoms with E-state index in [1.807, 2.05) is 0 Å². The number of fused-ring (bicyclic) bond motifs is 2. The molecule has 0 fully saturated rings. The molecule has 0 aliphatic heterocycles. The first-order valence-electron chi connectivity index (χ1n) is 8.80. The van der Waals surface area contributed by atoms with E-state index in [2.05, 4.69) is 24.3 Å². The van der Waals surface area contributed by atoms with E-state index in [0.717, 1.165) is 15.3 Å². The van der Waals surface area contributed by atoms with Gasteiger partial charge in [-0.2, -0.15) is 8.42 Å². The summed E-state index contributed by atoms with van der Waals surface area (Å²) in [6.07, 6.45) is 1.19. The summed E-state index contributed by atoms with van der Waals surface area (Å²) in [7, 11) is -8.51. The molecule has 4 N–H and O–H groups in total. The van der Waals surface area contributed by atoms with Crippen LogP contribution in [0.3, 0.4) is 0 Å². The summed E-state index contributed by atoms with van der Waals surface area (Å²) in [5.41, 5.74) is 0.420. The third-order valence-electron chi connectivity index (χ3n) is 4.59. The zero-order valence-corrected chi connectivity index (χ0v) is 18.1. The van der Waals surface area contributed by atoms with Gasteiger partial charge >= 0.3 is 11.4 Å². The van der Waals surface area contributed by atoms with Crippen molar-refractivity contribution >= 4 is 53.5 Å². The van der Waals surface area contributed by atoms with E-state index in [1.54, 1.807) is 0 Å². The molecular formula is C17H12N6O6S3. The van der Waals surface area contributed by atoms with Gasteiger partial charge in [0.15, 0.2) is 0 Å². The van der Waals surface area contributed by atoms with Gasteiger partial charge in [-0.25, -0.2) is 22.0 Å². The first kappa shape index (κ1) is 20.2. The van der Waals surface area contributed by atoms with E-state index in [0.29, 0.717) is 11.0 Å². The maximum absolute atomic E-state index is 13.1. The van der Waals surface area contributed by atoms with Crippen molar-refractivity contribution in [2.75, 3.05) is 0 Å². The zero-order valence-electron chi connectivity index (χ0n) is 15.7. The molecule has 0 aliphatic rings. The molecule has 0 unspecified atom stereocenters. The summed E-state index contributed by atoms with van der Waals surface area (Å²) in [5, 5.41) is 1.38. The van der Waals surface area contributed by atoms with Gasteiger partial charge in [0.05, 0.1) is 31.9 Å². The van der Waals surface area contributed by atoms with Gasteiger partial charge < -0.3 is 19.9 Å². The Morgan fingerprint density at radius 2 is 1.28 bits per heavy atom. The zero-order chi connectivity index (χ0) is 22.7. The van der Waals surface area contributed by atoms with Crippen molar-refractivity contribution in [1.82, 2.24) is 23.9 Å². The van der Waals surface area contributed by atoms with Crippen LogP contribution in [0.2, 0.25) is 0 Å². The van der Waals surface area contributed by atoms with Crippen LogP contribution in [-0.4, -0.2) is 40.7 Å². The van der Waals surface area contributed by atoms with E-state index in [-0.39, 0.29) is 25.6 Å². The number of nitrogens with zero attached hydrogens (tertiary/aromatic N) is 2. The average Bonchev–Trinajstić information content (AvgIpc) is 3.42. The standard InChI is InChI=1S/C17H12N6O6S3/c24-15-18-11-3-1-9(7-13(11)20-15)31(26,27)22-17-23(5-6-30-17)32(28,29)10-2-4-12-14(8-10)21-16(25)19-12/h1-8H,(H2,18,20,24)(H2,19,21,25). The SMILES string of the molecule is O=c1[nH]c2ccc(S(=O)(=O)N=c3sccn3S(=O)(=O)c3ccc4[nH]c(=O)[nH]c4c3)cc2[nH]1. The molecule has 5 rings (SSSR count). The number of benzene rings is 2. The number of H-pyrrole nitrogens is 4. The van der Waals surface area contributed by atoms with Gasteiger partial charge in [-0.3, -0.25) is 0 Å². The summed E-state index contributed by atoms with van der Waals surface area (Å²) in [6.45, 7) is 0. The predicted molar refractivity (Wildman–Crippen MR) is 115 cm³/mol. The van der Waals surface area contributed by atoms with Crippen LogP contribution in [0, 0.1) is 0 Å². The average molecular weight is 493 g/mol. The Morgan fingerprint density at radius 1 is 0.750 bits per heavy atom. The van der Waals surface area contributed by atoms with Gasteiger partial charge in [-0.15, -0.1) is 15.7 Å². The highest BCUT2D eigenvalue weighted by atomic mass is 32.2. The van der Waals surface area contributed by atoms with Gasteiger partial charge in [0.2, 0.25) is 4.80 Å². The highest BCUT2D eigenvalue weighted by Gasteiger charge is 2.21. The second kappa shape index (κ2) is 6.91. The van der Waals surface area contributed by atoms with Crippen LogP contribution in [-0.2, 0) is 20.0 Å². The van der Waals surface area contributed by atoms with E-state index in [4.69, 9.17) is 0 Å². The monoisotopic (exact) mass is 492 g/mol. The molecule has 0 amide bonds. The molecule has 2 aromatic carbocycles. The molecule has 0 spiro atoms. The van der Waals surface area contributed by atoms with Crippen molar-refractivity contribution in [1.29, 1.82) is 0 Å². The summed E-state index contributed by atoms with van der Waals surface area (Å²) >= 11 is 0.818. The molecule has 12 nitrogen and oxygen atoms in total. The Morgan fingerprint density at radius 3 is 1.91 bits per heavy atom. The number of aromatic amines is 4. The molecule has 0 radical (unpaired) electrons. The van der Waals surface area contributed by atoms with Crippen LogP contribution >= 0.6 is 11.3 Å². The number of imidazole rings is 2. The molecule has 0 saturated heterocycles. The molecule has 3 heterocycles. The number of sulfonamides is 1. The molecule has 164 valence electrons. The summed E-state index contributed by atoms with van der Waals surface area (Å²) in [5.74, 6) is 0. The fourth-order valence-electron chi connectivity index (χ4n) is 3.12. The molecule has 0 atom stereocenters. The van der Waals surface area contributed by atoms with Crippen LogP contribution in [0.25, 0.3) is 22.1 Å². The topological polar surface area (TPSA) is 183 Å². The first-order chi connectivity index (χ1) is 15.1. The third-order valence-corrected chi connectivity index (χ3v) is 8.50. The molecule has 5 aromatic rings. The van der Waals surface area contributed by atoms with Crippen LogP contribution in [0.15, 0.2) is 71.8 Å². The lowest BCUT2D eigenvalue weighted by molar-refractivity contribution is 0.585. The third kappa shape index (κ3) is 3.31. The maximum atomic E-state index is 13.1. The Kier molecular flexibility index (Phi) is 4.37. The Hall–Kier alpha value is -3.69. The Bertz CT molecular complexity index is 1910. The van der Waals surface area contributed by atoms with Crippen LogP contribution < -0.4 is 16.2 Å². The molecule has 32 heavy (non-hydrogen) atoms. The Balaban J connectivity index is 1.63. The number of rotatable bonds is 4. The summed E-state index contributed by atoms with van der Waals surface area (Å²) in [6, 6.07) is 7.87. The maximum Gasteiger partial charge on any atom is 0.323 e. The second-order valence-electron chi connectivity index (χ2n) is 6.63. The highest BCUT2D eigenvalue weighted by Crippen LogP contribution is 2.19. The fraction of sp³-hybridized carbons (Fsp3) is 0. The molecule has 15 heteroatoms. The quantitative estimate of drug-likeness (QED) is 0.282. The first-order valence-corrected chi connectivity index (χ1v) is 12.6. The molecule has 0 saturated carbocycles. The summed E-state index contributed by atoms with van der Waals surface area (Å²) in [4.78, 5) is 32.1. The van der Waals surface area contributed by atoms with E-state index < -0.39 is 31.4 Å². The van der Waals surface area contributed by atoms with E-state index in [9.17, 15) is 26.4 Å². The highest BCUT2D eigenvalue weighted by molar-refractivity contribution is 7.90. The lowest BCUT2D eigenvalue weighted by Gasteiger charge is -2.06. The Labute approximate surface area is 182 Å². The van der Waals surface area contributed by atoms with Crippen LogP contribution in [0.5, 0.6) is 0 Å². The van der Waals surface area contributed by atoms with Crippen molar-refractivity contribution in [2.24, 2.45) is 4.40 Å². The number of thiazole rings is 1. The molecule has 0 bridgehead atoms. The van der Waals surface area contributed by atoms with Crippen molar-refractivity contribution in [3.8, 4) is 0 Å². The largest absolute Gasteiger partial charge is 0.323 e. The van der Waals surface area contributed by atoms with Gasteiger partial charge in [0.25, 0.3) is 20.0 Å². The fourth-order valence-corrected chi connectivity index (χ4v) is 6.72. The molecule has 0 aliphatic carbocycles. The van der Waals surface area contributed by atoms with Crippen LogP contribution in [0.4, 0.5) is 0 Å². The molecule has 3 aromatic heterocycles. The van der Waals surface area contributed by atoms with E-state index >= 15 is 0 Å². The van der Waals surface area contributed by atoms with E-state index in [1.165, 1.54) is 48.0 Å². The van der Waals surface area contributed by atoms with Crippen molar-refractivity contribution in [3.05, 3.63) is 73.7 Å².